The highest BCUT2D eigenvalue weighted by molar-refractivity contribution is 7.07. The largest absolute Gasteiger partial charge is 0.384 e. The molecule has 6 nitrogen and oxygen atoms in total. The summed E-state index contributed by atoms with van der Waals surface area (Å²) in [5.74, 6) is 1.04. The van der Waals surface area contributed by atoms with Gasteiger partial charge in [0.1, 0.15) is 17.3 Å². The number of rotatable bonds is 2. The molecule has 0 unspecified atom stereocenters. The molecular weight excluding hydrogens is 274 g/mol. The molecule has 0 radical (unpaired) electrons. The lowest BCUT2D eigenvalue weighted by Crippen LogP contribution is -2.31. The Bertz CT molecular complexity index is 607. The maximum Gasteiger partial charge on any atom is 0.273 e. The van der Waals surface area contributed by atoms with Gasteiger partial charge in [0.25, 0.3) is 5.91 Å². The second kappa shape index (κ2) is 5.16. The fourth-order valence-corrected chi connectivity index (χ4v) is 3.09. The van der Waals surface area contributed by atoms with E-state index < -0.39 is 0 Å². The number of carbonyl (C=O) groups is 1. The van der Waals surface area contributed by atoms with Gasteiger partial charge in [-0.05, 0) is 19.8 Å². The molecule has 0 saturated carbocycles. The van der Waals surface area contributed by atoms with Crippen LogP contribution in [0.15, 0.2) is 17.0 Å². The zero-order valence-electron chi connectivity index (χ0n) is 11.1. The maximum absolute atomic E-state index is 12.5. The Balaban J connectivity index is 1.90. The highest BCUT2D eigenvalue weighted by Crippen LogP contribution is 2.32. The third kappa shape index (κ3) is 2.36. The summed E-state index contributed by atoms with van der Waals surface area (Å²) in [6, 6.07) is 1.72. The Morgan fingerprint density at radius 2 is 2.35 bits per heavy atom. The number of hydrogen-bond donors (Lipinski definition) is 1. The van der Waals surface area contributed by atoms with Crippen LogP contribution in [0.2, 0.25) is 0 Å². The van der Waals surface area contributed by atoms with E-state index in [-0.39, 0.29) is 11.9 Å². The van der Waals surface area contributed by atoms with Crippen LogP contribution in [0.25, 0.3) is 0 Å². The highest BCUT2D eigenvalue weighted by atomic mass is 32.1. The van der Waals surface area contributed by atoms with E-state index in [2.05, 4.69) is 15.0 Å². The van der Waals surface area contributed by atoms with E-state index in [1.54, 1.807) is 23.9 Å². The van der Waals surface area contributed by atoms with Crippen LogP contribution in [-0.2, 0) is 0 Å². The van der Waals surface area contributed by atoms with Crippen molar-refractivity contribution >= 4 is 23.1 Å². The van der Waals surface area contributed by atoms with Crippen molar-refractivity contribution in [3.05, 3.63) is 34.2 Å². The van der Waals surface area contributed by atoms with Crippen molar-refractivity contribution in [3.8, 4) is 0 Å². The maximum atomic E-state index is 12.5. The van der Waals surface area contributed by atoms with Crippen molar-refractivity contribution in [1.82, 2.24) is 19.9 Å². The van der Waals surface area contributed by atoms with Crippen molar-refractivity contribution in [3.63, 3.8) is 0 Å². The van der Waals surface area contributed by atoms with Crippen molar-refractivity contribution < 1.29 is 4.79 Å². The number of nitrogens with zero attached hydrogens (tertiary/aromatic N) is 4. The molecule has 1 atom stereocenters. The summed E-state index contributed by atoms with van der Waals surface area (Å²) in [4.78, 5) is 26.9. The summed E-state index contributed by atoms with van der Waals surface area (Å²) in [5, 5.41) is 1.78. The Morgan fingerprint density at radius 1 is 1.50 bits per heavy atom. The number of aromatic nitrogens is 3. The minimum Gasteiger partial charge on any atom is -0.384 e. The molecule has 3 heterocycles. The van der Waals surface area contributed by atoms with E-state index in [0.717, 1.165) is 25.1 Å². The van der Waals surface area contributed by atoms with E-state index in [1.165, 1.54) is 11.3 Å². The molecule has 1 amide bonds. The molecule has 1 fully saturated rings. The predicted molar refractivity (Wildman–Crippen MR) is 76.3 cm³/mol. The van der Waals surface area contributed by atoms with E-state index >= 15 is 0 Å². The van der Waals surface area contributed by atoms with Gasteiger partial charge >= 0.3 is 0 Å². The molecule has 0 aromatic carbocycles. The molecule has 1 saturated heterocycles. The molecule has 7 heteroatoms. The topological polar surface area (TPSA) is 85.0 Å². The number of anilines is 1. The van der Waals surface area contributed by atoms with Gasteiger partial charge in [-0.2, -0.15) is 0 Å². The lowest BCUT2D eigenvalue weighted by molar-refractivity contribution is 0.0727. The van der Waals surface area contributed by atoms with Gasteiger partial charge < -0.3 is 10.6 Å². The van der Waals surface area contributed by atoms with Crippen LogP contribution in [0, 0.1) is 6.92 Å². The fraction of sp³-hybridized carbons (Fsp3) is 0.385. The summed E-state index contributed by atoms with van der Waals surface area (Å²) in [5.41, 5.74) is 8.77. The molecule has 0 bridgehead atoms. The first-order valence-corrected chi connectivity index (χ1v) is 7.39. The Labute approximate surface area is 120 Å². The third-order valence-corrected chi connectivity index (χ3v) is 3.97. The molecule has 2 aromatic heterocycles. The van der Waals surface area contributed by atoms with Gasteiger partial charge in [-0.25, -0.2) is 15.0 Å². The van der Waals surface area contributed by atoms with E-state index in [0.29, 0.717) is 17.3 Å². The first-order valence-electron chi connectivity index (χ1n) is 6.45. The molecule has 3 rings (SSSR count). The molecule has 1 aliphatic heterocycles. The lowest BCUT2D eigenvalue weighted by Gasteiger charge is -2.23. The van der Waals surface area contributed by atoms with Crippen LogP contribution >= 0.6 is 11.3 Å². The van der Waals surface area contributed by atoms with Crippen molar-refractivity contribution in [2.45, 2.75) is 25.8 Å². The van der Waals surface area contributed by atoms with Gasteiger partial charge in [0.2, 0.25) is 0 Å². The van der Waals surface area contributed by atoms with Crippen molar-refractivity contribution in [1.29, 1.82) is 0 Å². The molecule has 2 N–H and O–H groups in total. The summed E-state index contributed by atoms with van der Waals surface area (Å²) >= 11 is 1.42. The van der Waals surface area contributed by atoms with Crippen LogP contribution in [0.3, 0.4) is 0 Å². The quantitative estimate of drug-likeness (QED) is 0.911. The first kappa shape index (κ1) is 13.0. The molecule has 0 spiro atoms. The van der Waals surface area contributed by atoms with Crippen LogP contribution in [0.1, 0.15) is 40.9 Å². The highest BCUT2D eigenvalue weighted by Gasteiger charge is 2.32. The average molecular weight is 289 g/mol. The summed E-state index contributed by atoms with van der Waals surface area (Å²) in [7, 11) is 0. The molecule has 1 aliphatic rings. The van der Waals surface area contributed by atoms with E-state index in [9.17, 15) is 4.79 Å². The van der Waals surface area contributed by atoms with Crippen molar-refractivity contribution in [2.75, 3.05) is 12.3 Å². The van der Waals surface area contributed by atoms with Gasteiger partial charge in [0.05, 0.1) is 17.2 Å². The van der Waals surface area contributed by atoms with Crippen LogP contribution < -0.4 is 5.73 Å². The fourth-order valence-electron chi connectivity index (χ4n) is 2.57. The van der Waals surface area contributed by atoms with Gasteiger partial charge in [-0.15, -0.1) is 11.3 Å². The monoisotopic (exact) mass is 289 g/mol. The smallest absolute Gasteiger partial charge is 0.273 e. The van der Waals surface area contributed by atoms with Crippen LogP contribution in [-0.4, -0.2) is 32.3 Å². The second-order valence-corrected chi connectivity index (χ2v) is 5.51. The van der Waals surface area contributed by atoms with Gasteiger partial charge in [0.15, 0.2) is 0 Å². The molecule has 104 valence electrons. The number of thiazole rings is 1. The Kier molecular flexibility index (Phi) is 3.35. The Hall–Kier alpha value is -2.02. The first-order chi connectivity index (χ1) is 9.65. The average Bonchev–Trinajstić information content (AvgIpc) is 3.08. The summed E-state index contributed by atoms with van der Waals surface area (Å²) in [6.07, 6.45) is 1.86. The van der Waals surface area contributed by atoms with E-state index in [4.69, 9.17) is 5.73 Å². The summed E-state index contributed by atoms with van der Waals surface area (Å²) < 4.78 is 0. The number of carbonyl (C=O) groups excluding carboxylic acids is 1. The zero-order chi connectivity index (χ0) is 14.1. The van der Waals surface area contributed by atoms with Crippen LogP contribution in [0.4, 0.5) is 5.82 Å². The number of nitrogens with two attached hydrogens (primary N) is 1. The van der Waals surface area contributed by atoms with Gasteiger partial charge in [-0.3, -0.25) is 4.79 Å². The lowest BCUT2D eigenvalue weighted by atomic mass is 10.1. The van der Waals surface area contributed by atoms with Crippen LogP contribution in [0.5, 0.6) is 0 Å². The number of amides is 1. The third-order valence-electron chi connectivity index (χ3n) is 3.38. The normalized spacial score (nSPS) is 18.4. The van der Waals surface area contributed by atoms with E-state index in [1.807, 2.05) is 4.90 Å². The minimum absolute atomic E-state index is 0.0341. The minimum atomic E-state index is -0.0383. The number of hydrogen-bond acceptors (Lipinski definition) is 6. The number of aryl methyl sites for hydroxylation is 1. The standard InChI is InChI=1S/C13H15N5OS/c1-8-16-9(5-12(14)17-8)11-3-2-4-18(11)13(19)10-6-20-7-15-10/h5-7,11H,2-4H2,1H3,(H2,14,16,17)/t11-/m0/s1. The molecule has 0 aliphatic carbocycles. The second-order valence-electron chi connectivity index (χ2n) is 4.80. The number of likely N-dealkylation sites (tertiary alicyclic amines) is 1. The van der Waals surface area contributed by atoms with Gasteiger partial charge in [-0.1, -0.05) is 0 Å². The zero-order valence-corrected chi connectivity index (χ0v) is 11.9. The molecule has 20 heavy (non-hydrogen) atoms. The molecule has 2 aromatic rings. The summed E-state index contributed by atoms with van der Waals surface area (Å²) in [6.45, 7) is 2.53. The van der Waals surface area contributed by atoms with Crippen molar-refractivity contribution in [2.24, 2.45) is 0 Å². The Morgan fingerprint density at radius 3 is 3.05 bits per heavy atom. The SMILES string of the molecule is Cc1nc(N)cc([C@@H]2CCCN2C(=O)c2cscn2)n1. The molecular formula is C13H15N5OS. The predicted octanol–water partition coefficient (Wildman–Crippen LogP) is 1.80. The number of nitrogen functional groups attached to an aromatic ring is 1. The van der Waals surface area contributed by atoms with Gasteiger partial charge in [0, 0.05) is 18.0 Å².